The SMILES string of the molecule is COC1=CC(=CC(=O)NC2(C)CCCCCC2)C1=N. The smallest absolute Gasteiger partial charge is 0.245 e. The zero-order chi connectivity index (χ0) is 13.9. The van der Waals surface area contributed by atoms with E-state index in [0.29, 0.717) is 17.0 Å². The van der Waals surface area contributed by atoms with Gasteiger partial charge in [-0.25, -0.2) is 0 Å². The van der Waals surface area contributed by atoms with E-state index in [0.717, 1.165) is 12.8 Å². The normalized spacial score (nSPS) is 24.2. The fourth-order valence-electron chi connectivity index (χ4n) is 2.73. The number of carbonyl (C=O) groups excluding carboxylic acids is 1. The summed E-state index contributed by atoms with van der Waals surface area (Å²) >= 11 is 0. The van der Waals surface area contributed by atoms with Crippen LogP contribution in [0.15, 0.2) is 23.5 Å². The molecular formula is C15H22N2O2. The highest BCUT2D eigenvalue weighted by Gasteiger charge is 2.28. The van der Waals surface area contributed by atoms with Crippen molar-refractivity contribution < 1.29 is 9.53 Å². The molecule has 2 aliphatic carbocycles. The van der Waals surface area contributed by atoms with Crippen LogP contribution in [-0.4, -0.2) is 24.3 Å². The third kappa shape index (κ3) is 3.25. The highest BCUT2D eigenvalue weighted by molar-refractivity contribution is 6.20. The molecule has 2 aliphatic rings. The van der Waals surface area contributed by atoms with Crippen LogP contribution in [0, 0.1) is 5.41 Å². The lowest BCUT2D eigenvalue weighted by Gasteiger charge is -2.29. The molecule has 2 N–H and O–H groups in total. The van der Waals surface area contributed by atoms with Crippen molar-refractivity contribution in [3.63, 3.8) is 0 Å². The van der Waals surface area contributed by atoms with Gasteiger partial charge in [0.2, 0.25) is 5.91 Å². The summed E-state index contributed by atoms with van der Waals surface area (Å²) in [5.74, 6) is 0.440. The van der Waals surface area contributed by atoms with E-state index in [1.54, 1.807) is 6.08 Å². The first-order chi connectivity index (χ1) is 9.04. The third-order valence-electron chi connectivity index (χ3n) is 3.96. The lowest BCUT2D eigenvalue weighted by Crippen LogP contribution is -2.45. The second-order valence-corrected chi connectivity index (χ2v) is 5.65. The minimum Gasteiger partial charge on any atom is -0.494 e. The van der Waals surface area contributed by atoms with Gasteiger partial charge < -0.3 is 10.1 Å². The summed E-state index contributed by atoms with van der Waals surface area (Å²) in [5, 5.41) is 10.8. The highest BCUT2D eigenvalue weighted by atomic mass is 16.5. The summed E-state index contributed by atoms with van der Waals surface area (Å²) < 4.78 is 4.96. The van der Waals surface area contributed by atoms with Gasteiger partial charge in [-0.3, -0.25) is 10.2 Å². The lowest BCUT2D eigenvalue weighted by atomic mass is 9.92. The van der Waals surface area contributed by atoms with E-state index in [1.807, 2.05) is 0 Å². The van der Waals surface area contributed by atoms with Crippen LogP contribution < -0.4 is 5.32 Å². The van der Waals surface area contributed by atoms with Gasteiger partial charge in [-0.1, -0.05) is 25.7 Å². The van der Waals surface area contributed by atoms with Crippen LogP contribution in [0.1, 0.15) is 45.4 Å². The van der Waals surface area contributed by atoms with Crippen molar-refractivity contribution in [1.82, 2.24) is 5.32 Å². The molecule has 0 aliphatic heterocycles. The van der Waals surface area contributed by atoms with E-state index < -0.39 is 0 Å². The van der Waals surface area contributed by atoms with E-state index in [-0.39, 0.29) is 11.4 Å². The van der Waals surface area contributed by atoms with Crippen LogP contribution in [0.2, 0.25) is 0 Å². The second-order valence-electron chi connectivity index (χ2n) is 5.65. The molecule has 0 atom stereocenters. The fourth-order valence-corrected chi connectivity index (χ4v) is 2.73. The maximum absolute atomic E-state index is 12.0. The molecule has 4 heteroatoms. The summed E-state index contributed by atoms with van der Waals surface area (Å²) in [6, 6.07) is 0. The number of carbonyl (C=O) groups is 1. The topological polar surface area (TPSA) is 62.2 Å². The minimum absolute atomic E-state index is 0.0929. The van der Waals surface area contributed by atoms with Crippen molar-refractivity contribution in [1.29, 1.82) is 5.41 Å². The van der Waals surface area contributed by atoms with Gasteiger partial charge in [0.05, 0.1) is 7.11 Å². The standard InChI is InChI=1S/C15H22N2O2/c1-15(7-5-3-4-6-8-15)17-13(18)10-11-9-12(19-2)14(11)16/h9-10,16H,3-8H2,1-2H3,(H,17,18). The molecule has 1 fully saturated rings. The van der Waals surface area contributed by atoms with Crippen LogP contribution in [0.4, 0.5) is 0 Å². The molecule has 19 heavy (non-hydrogen) atoms. The average Bonchev–Trinajstić information content (AvgIpc) is 2.58. The molecule has 0 radical (unpaired) electrons. The van der Waals surface area contributed by atoms with E-state index >= 15 is 0 Å². The molecule has 1 amide bonds. The maximum Gasteiger partial charge on any atom is 0.245 e. The Bertz CT molecular complexity index is 441. The summed E-state index contributed by atoms with van der Waals surface area (Å²) in [6.45, 7) is 2.12. The van der Waals surface area contributed by atoms with Gasteiger partial charge in [-0.15, -0.1) is 0 Å². The van der Waals surface area contributed by atoms with Gasteiger partial charge in [0.1, 0.15) is 11.5 Å². The Hall–Kier alpha value is -1.58. The van der Waals surface area contributed by atoms with Crippen molar-refractivity contribution in [2.24, 2.45) is 0 Å². The molecule has 104 valence electrons. The molecule has 0 heterocycles. The molecule has 2 rings (SSSR count). The average molecular weight is 262 g/mol. The number of allylic oxidation sites excluding steroid dienone is 2. The van der Waals surface area contributed by atoms with Crippen molar-refractivity contribution >= 4 is 11.6 Å². The van der Waals surface area contributed by atoms with Gasteiger partial charge in [0.15, 0.2) is 0 Å². The van der Waals surface area contributed by atoms with Crippen LogP contribution in [0.5, 0.6) is 0 Å². The van der Waals surface area contributed by atoms with Gasteiger partial charge >= 0.3 is 0 Å². The first-order valence-corrected chi connectivity index (χ1v) is 6.93. The summed E-state index contributed by atoms with van der Waals surface area (Å²) in [7, 11) is 1.53. The van der Waals surface area contributed by atoms with E-state index in [1.165, 1.54) is 38.9 Å². The maximum atomic E-state index is 12.0. The lowest BCUT2D eigenvalue weighted by molar-refractivity contribution is -0.118. The highest BCUT2D eigenvalue weighted by Crippen LogP contribution is 2.27. The Kier molecular flexibility index (Phi) is 4.08. The molecule has 0 aromatic heterocycles. The molecule has 0 bridgehead atoms. The molecule has 4 nitrogen and oxygen atoms in total. The summed E-state index contributed by atoms with van der Waals surface area (Å²) in [5.41, 5.74) is 0.861. The molecular weight excluding hydrogens is 240 g/mol. The summed E-state index contributed by atoms with van der Waals surface area (Å²) in [6.07, 6.45) is 10.2. The Morgan fingerprint density at radius 1 is 1.37 bits per heavy atom. The number of ether oxygens (including phenoxy) is 1. The molecule has 0 aromatic carbocycles. The molecule has 0 unspecified atom stereocenters. The van der Waals surface area contributed by atoms with Crippen molar-refractivity contribution in [3.8, 4) is 0 Å². The van der Waals surface area contributed by atoms with Crippen molar-refractivity contribution in [2.45, 2.75) is 51.0 Å². The van der Waals surface area contributed by atoms with Crippen LogP contribution >= 0.6 is 0 Å². The number of hydrogen-bond acceptors (Lipinski definition) is 3. The first kappa shape index (κ1) is 13.8. The number of nitrogens with one attached hydrogen (secondary N) is 2. The van der Waals surface area contributed by atoms with Crippen LogP contribution in [0.3, 0.4) is 0 Å². The number of amides is 1. The zero-order valence-corrected chi connectivity index (χ0v) is 11.7. The molecule has 0 saturated heterocycles. The number of hydrogen-bond donors (Lipinski definition) is 2. The van der Waals surface area contributed by atoms with Gasteiger partial charge in [0, 0.05) is 17.2 Å². The van der Waals surface area contributed by atoms with Gasteiger partial charge in [-0.2, -0.15) is 0 Å². The Morgan fingerprint density at radius 2 is 2.00 bits per heavy atom. The molecule has 1 saturated carbocycles. The minimum atomic E-state index is -0.101. The fraction of sp³-hybridized carbons (Fsp3) is 0.600. The van der Waals surface area contributed by atoms with Gasteiger partial charge in [0.25, 0.3) is 0 Å². The van der Waals surface area contributed by atoms with E-state index in [2.05, 4.69) is 12.2 Å². The van der Waals surface area contributed by atoms with Crippen LogP contribution in [-0.2, 0) is 9.53 Å². The van der Waals surface area contributed by atoms with Gasteiger partial charge in [-0.05, 0) is 25.8 Å². The third-order valence-corrected chi connectivity index (χ3v) is 3.96. The van der Waals surface area contributed by atoms with Crippen molar-refractivity contribution in [3.05, 3.63) is 23.5 Å². The number of methoxy groups -OCH3 is 1. The predicted molar refractivity (Wildman–Crippen MR) is 75.2 cm³/mol. The number of rotatable bonds is 3. The Morgan fingerprint density at radius 3 is 2.53 bits per heavy atom. The largest absolute Gasteiger partial charge is 0.494 e. The van der Waals surface area contributed by atoms with Crippen molar-refractivity contribution in [2.75, 3.05) is 7.11 Å². The second kappa shape index (κ2) is 5.59. The quantitative estimate of drug-likeness (QED) is 0.607. The monoisotopic (exact) mass is 262 g/mol. The Labute approximate surface area is 114 Å². The van der Waals surface area contributed by atoms with E-state index in [4.69, 9.17) is 10.1 Å². The molecule has 0 spiro atoms. The first-order valence-electron chi connectivity index (χ1n) is 6.93. The van der Waals surface area contributed by atoms with Crippen LogP contribution in [0.25, 0.3) is 0 Å². The predicted octanol–water partition coefficient (Wildman–Crippen LogP) is 2.71. The Balaban J connectivity index is 1.96. The molecule has 0 aromatic rings. The summed E-state index contributed by atoms with van der Waals surface area (Å²) in [4.78, 5) is 12.0. The zero-order valence-electron chi connectivity index (χ0n) is 11.7. The van der Waals surface area contributed by atoms with E-state index in [9.17, 15) is 4.79 Å².